The van der Waals surface area contributed by atoms with E-state index in [0.717, 1.165) is 0 Å². The van der Waals surface area contributed by atoms with Crippen molar-refractivity contribution in [2.45, 2.75) is 12.1 Å². The van der Waals surface area contributed by atoms with Crippen LogP contribution in [-0.2, 0) is 4.57 Å². The van der Waals surface area contributed by atoms with E-state index in [0.29, 0.717) is 0 Å². The maximum Gasteiger partial charge on any atom is 0.328 e. The number of nitrogens with one attached hydrogen (secondary N) is 1. The smallest absolute Gasteiger partial charge is 0.328 e. The fourth-order valence-corrected chi connectivity index (χ4v) is 1.63. The number of hydrogen-bond donors (Lipinski definition) is 5. The third kappa shape index (κ3) is 3.17. The van der Waals surface area contributed by atoms with E-state index in [4.69, 9.17) is 15.5 Å². The zero-order valence-electron chi connectivity index (χ0n) is 7.11. The Morgan fingerprint density at radius 1 is 1.64 bits per heavy atom. The molecule has 0 aromatic carbocycles. The molecule has 0 saturated carbocycles. The van der Waals surface area contributed by atoms with E-state index in [1.807, 2.05) is 0 Å². The van der Waals surface area contributed by atoms with Crippen LogP contribution in [0.3, 0.4) is 0 Å². The molecule has 1 aromatic heterocycles. The monoisotopic (exact) mass is 222 g/mol. The minimum atomic E-state index is -4.27. The highest BCUT2D eigenvalue weighted by Crippen LogP contribution is 2.36. The highest BCUT2D eigenvalue weighted by atomic mass is 31.2. The second-order valence-electron chi connectivity index (χ2n) is 2.81. The summed E-state index contributed by atoms with van der Waals surface area (Å²) in [5, 5.41) is 15.2. The number of nitrogens with two attached hydrogens (primary N) is 1. The molecule has 2 atom stereocenters. The lowest BCUT2D eigenvalue weighted by Crippen LogP contribution is -2.30. The molecule has 0 bridgehead atoms. The summed E-state index contributed by atoms with van der Waals surface area (Å²) in [6.07, 6.45) is -0.863. The topological polar surface area (TPSA) is 145 Å². The fourth-order valence-electron chi connectivity index (χ4n) is 0.915. The molecule has 0 unspecified atom stereocenters. The first-order valence-corrected chi connectivity index (χ1v) is 5.53. The van der Waals surface area contributed by atoms with Crippen LogP contribution in [0.5, 0.6) is 0 Å². The number of rotatable bonds is 4. The molecule has 6 N–H and O–H groups in total. The number of H-pyrrole nitrogens is 1. The number of hydrogen-bond acceptors (Lipinski definition) is 5. The summed E-state index contributed by atoms with van der Waals surface area (Å²) >= 11 is 0. The first-order chi connectivity index (χ1) is 6.40. The zero-order valence-corrected chi connectivity index (χ0v) is 8.00. The standard InChI is InChI=1S/C5H11N4O4P/c6-4(5-7-2-8-9-5)3(10)1-14(11,12)13/h2-4,10H,1,6H2,(H,7,8,9)(H2,11,12,13)/t3-,4+/m1/s1. The van der Waals surface area contributed by atoms with Crippen LogP contribution < -0.4 is 5.73 Å². The Morgan fingerprint density at radius 3 is 2.71 bits per heavy atom. The predicted octanol–water partition coefficient (Wildman–Crippen LogP) is -1.66. The third-order valence-corrected chi connectivity index (χ3v) is 2.44. The van der Waals surface area contributed by atoms with Gasteiger partial charge in [0.2, 0.25) is 0 Å². The van der Waals surface area contributed by atoms with Crippen molar-refractivity contribution in [2.24, 2.45) is 5.73 Å². The van der Waals surface area contributed by atoms with Gasteiger partial charge in [0.15, 0.2) is 0 Å². The summed E-state index contributed by atoms with van der Waals surface area (Å²) in [7, 11) is -4.27. The normalized spacial score (nSPS) is 16.6. The highest BCUT2D eigenvalue weighted by Gasteiger charge is 2.27. The van der Waals surface area contributed by atoms with Crippen LogP contribution in [0.2, 0.25) is 0 Å². The lowest BCUT2D eigenvalue weighted by molar-refractivity contribution is 0.156. The minimum Gasteiger partial charge on any atom is -0.390 e. The van der Waals surface area contributed by atoms with Crippen LogP contribution in [0.15, 0.2) is 6.33 Å². The fraction of sp³-hybridized carbons (Fsp3) is 0.600. The van der Waals surface area contributed by atoms with Gasteiger partial charge in [0.05, 0.1) is 18.3 Å². The van der Waals surface area contributed by atoms with Gasteiger partial charge in [-0.2, -0.15) is 5.10 Å². The van der Waals surface area contributed by atoms with Crippen LogP contribution in [0.4, 0.5) is 0 Å². The number of nitrogens with zero attached hydrogens (tertiary/aromatic N) is 2. The molecular weight excluding hydrogens is 211 g/mol. The summed E-state index contributed by atoms with van der Waals surface area (Å²) in [6.45, 7) is 0. The van der Waals surface area contributed by atoms with Gasteiger partial charge >= 0.3 is 7.60 Å². The molecule has 0 saturated heterocycles. The van der Waals surface area contributed by atoms with E-state index >= 15 is 0 Å². The molecule has 9 heteroatoms. The molecule has 0 amide bonds. The van der Waals surface area contributed by atoms with Crippen molar-refractivity contribution in [3.8, 4) is 0 Å². The van der Waals surface area contributed by atoms with Crippen molar-refractivity contribution < 1.29 is 19.5 Å². The summed E-state index contributed by atoms with van der Waals surface area (Å²) in [4.78, 5) is 20.8. The Bertz CT molecular complexity index is 322. The third-order valence-electron chi connectivity index (χ3n) is 1.59. The summed E-state index contributed by atoms with van der Waals surface area (Å²) in [6, 6.07) is -0.981. The van der Waals surface area contributed by atoms with E-state index < -0.39 is 25.9 Å². The maximum absolute atomic E-state index is 10.5. The average molecular weight is 222 g/mol. The van der Waals surface area contributed by atoms with Crippen molar-refractivity contribution in [3.63, 3.8) is 0 Å². The zero-order chi connectivity index (χ0) is 10.8. The minimum absolute atomic E-state index is 0.186. The molecule has 0 aliphatic heterocycles. The van der Waals surface area contributed by atoms with Crippen molar-refractivity contribution in [2.75, 3.05) is 6.16 Å². The van der Waals surface area contributed by atoms with Gasteiger partial charge in [-0.1, -0.05) is 0 Å². The molecule has 0 aliphatic rings. The molecular formula is C5H11N4O4P. The van der Waals surface area contributed by atoms with E-state index in [1.165, 1.54) is 6.33 Å². The Balaban J connectivity index is 2.62. The molecule has 14 heavy (non-hydrogen) atoms. The van der Waals surface area contributed by atoms with Gasteiger partial charge in [0.1, 0.15) is 12.2 Å². The van der Waals surface area contributed by atoms with Crippen molar-refractivity contribution in [1.82, 2.24) is 15.2 Å². The van der Waals surface area contributed by atoms with Gasteiger partial charge in [-0.15, -0.1) is 0 Å². The summed E-state index contributed by atoms with van der Waals surface area (Å²) < 4.78 is 10.5. The van der Waals surface area contributed by atoms with Gasteiger partial charge in [-0.3, -0.25) is 9.66 Å². The number of aliphatic hydroxyl groups excluding tert-OH is 1. The van der Waals surface area contributed by atoms with Crippen LogP contribution >= 0.6 is 7.60 Å². The van der Waals surface area contributed by atoms with Crippen molar-refractivity contribution in [1.29, 1.82) is 0 Å². The van der Waals surface area contributed by atoms with Gasteiger partial charge in [-0.05, 0) is 0 Å². The number of aromatic nitrogens is 3. The molecule has 0 aliphatic carbocycles. The molecule has 0 fully saturated rings. The summed E-state index contributed by atoms with van der Waals surface area (Å²) in [5.74, 6) is 0.186. The van der Waals surface area contributed by atoms with Crippen LogP contribution in [0.1, 0.15) is 11.9 Å². The Kier molecular flexibility index (Phi) is 3.35. The van der Waals surface area contributed by atoms with E-state index in [9.17, 15) is 9.67 Å². The molecule has 1 heterocycles. The van der Waals surface area contributed by atoms with E-state index in [2.05, 4.69) is 15.2 Å². The van der Waals surface area contributed by atoms with Crippen LogP contribution in [-0.4, -0.2) is 42.3 Å². The lowest BCUT2D eigenvalue weighted by atomic mass is 10.2. The predicted molar refractivity (Wildman–Crippen MR) is 46.2 cm³/mol. The van der Waals surface area contributed by atoms with Crippen molar-refractivity contribution in [3.05, 3.63) is 12.2 Å². The molecule has 8 nitrogen and oxygen atoms in total. The van der Waals surface area contributed by atoms with E-state index in [-0.39, 0.29) is 5.82 Å². The van der Waals surface area contributed by atoms with Gasteiger partial charge < -0.3 is 20.6 Å². The first kappa shape index (κ1) is 11.3. The maximum atomic E-state index is 10.5. The quantitative estimate of drug-likeness (QED) is 0.383. The van der Waals surface area contributed by atoms with Gasteiger partial charge in [0.25, 0.3) is 0 Å². The van der Waals surface area contributed by atoms with E-state index in [1.54, 1.807) is 0 Å². The van der Waals surface area contributed by atoms with Crippen molar-refractivity contribution >= 4 is 7.60 Å². The molecule has 1 rings (SSSR count). The highest BCUT2D eigenvalue weighted by molar-refractivity contribution is 7.51. The molecule has 1 aromatic rings. The Labute approximate surface area is 79.3 Å². The second kappa shape index (κ2) is 4.16. The Hall–Kier alpha value is -0.790. The number of aliphatic hydroxyl groups is 1. The van der Waals surface area contributed by atoms with Gasteiger partial charge in [-0.25, -0.2) is 4.98 Å². The second-order valence-corrected chi connectivity index (χ2v) is 4.51. The SMILES string of the molecule is N[C@H](c1ncn[nH]1)[C@H](O)CP(=O)(O)O. The number of aromatic amines is 1. The Morgan fingerprint density at radius 2 is 2.29 bits per heavy atom. The first-order valence-electron chi connectivity index (χ1n) is 3.73. The largest absolute Gasteiger partial charge is 0.390 e. The molecule has 80 valence electrons. The van der Waals surface area contributed by atoms with Gasteiger partial charge in [0, 0.05) is 0 Å². The lowest BCUT2D eigenvalue weighted by Gasteiger charge is -2.16. The summed E-state index contributed by atoms with van der Waals surface area (Å²) in [5.41, 5.74) is 5.46. The molecule has 0 radical (unpaired) electrons. The van der Waals surface area contributed by atoms with Crippen LogP contribution in [0, 0.1) is 0 Å². The molecule has 0 spiro atoms. The van der Waals surface area contributed by atoms with Crippen LogP contribution in [0.25, 0.3) is 0 Å². The average Bonchev–Trinajstić information content (AvgIpc) is 2.51.